The quantitative estimate of drug-likeness (QED) is 0.191. The Bertz CT molecular complexity index is 1380. The lowest BCUT2D eigenvalue weighted by Gasteiger charge is -2.37. The minimum atomic E-state index is -1.21. The number of hydrogen-bond acceptors (Lipinski definition) is 5. The molecule has 1 spiro atoms. The Morgan fingerprint density at radius 3 is 2.44 bits per heavy atom. The van der Waals surface area contributed by atoms with Gasteiger partial charge >= 0.3 is 0 Å². The molecule has 3 amide bonds. The van der Waals surface area contributed by atoms with Crippen molar-refractivity contribution in [3.8, 4) is 0 Å². The van der Waals surface area contributed by atoms with Crippen LogP contribution in [0.1, 0.15) is 24.8 Å². The van der Waals surface area contributed by atoms with Crippen LogP contribution in [-0.2, 0) is 25.7 Å². The number of fused-ring (bicyclic) bond motifs is 1. The molecule has 0 aromatic heterocycles. The van der Waals surface area contributed by atoms with E-state index in [2.05, 4.69) is 29.1 Å². The van der Waals surface area contributed by atoms with Crippen LogP contribution in [0.15, 0.2) is 79.9 Å². The number of likely N-dealkylation sites (tertiary alicyclic amines) is 1. The van der Waals surface area contributed by atoms with Crippen LogP contribution >= 0.6 is 27.5 Å². The first-order valence-electron chi connectivity index (χ1n) is 14.6. The summed E-state index contributed by atoms with van der Waals surface area (Å²) in [6, 6.07) is 15.7. The van der Waals surface area contributed by atoms with Gasteiger partial charge in [-0.1, -0.05) is 82.1 Å². The molecule has 0 radical (unpaired) electrons. The summed E-state index contributed by atoms with van der Waals surface area (Å²) >= 11 is 10.3. The molecule has 2 aromatic rings. The fourth-order valence-electron chi connectivity index (χ4n) is 6.98. The van der Waals surface area contributed by atoms with E-state index in [1.807, 2.05) is 30.3 Å². The van der Waals surface area contributed by atoms with E-state index >= 15 is 0 Å². The van der Waals surface area contributed by atoms with Crippen molar-refractivity contribution in [2.75, 3.05) is 31.1 Å². The number of anilines is 1. The molecule has 228 valence electrons. The van der Waals surface area contributed by atoms with E-state index in [4.69, 9.17) is 16.3 Å². The Hall–Kier alpha value is -2.98. The highest BCUT2D eigenvalue weighted by Gasteiger charge is 2.76. The molecule has 3 aliphatic rings. The summed E-state index contributed by atoms with van der Waals surface area (Å²) in [5.74, 6) is -2.42. The molecule has 3 heterocycles. The van der Waals surface area contributed by atoms with Crippen molar-refractivity contribution in [2.24, 2.45) is 11.8 Å². The van der Waals surface area contributed by atoms with Crippen LogP contribution in [0.2, 0.25) is 5.02 Å². The van der Waals surface area contributed by atoms with E-state index in [9.17, 15) is 19.5 Å². The third kappa shape index (κ3) is 5.68. The number of nitrogens with zero attached hydrogens (tertiary/aromatic N) is 3. The number of carbonyl (C=O) groups excluding carboxylic acids is 3. The van der Waals surface area contributed by atoms with Gasteiger partial charge in [-0.3, -0.25) is 14.4 Å². The Kier molecular flexibility index (Phi) is 9.76. The van der Waals surface area contributed by atoms with E-state index in [0.717, 1.165) is 5.56 Å². The Balaban J connectivity index is 1.55. The van der Waals surface area contributed by atoms with Gasteiger partial charge in [0.25, 0.3) is 5.91 Å². The number of unbranched alkanes of at least 4 members (excludes halogenated alkanes) is 1. The normalized spacial score (nSPS) is 27.2. The van der Waals surface area contributed by atoms with Crippen LogP contribution in [0.5, 0.6) is 0 Å². The van der Waals surface area contributed by atoms with Gasteiger partial charge in [0.05, 0.1) is 28.6 Å². The van der Waals surface area contributed by atoms with Crippen molar-refractivity contribution in [1.82, 2.24) is 9.80 Å². The number of benzene rings is 2. The first-order valence-corrected chi connectivity index (χ1v) is 15.9. The predicted octanol–water partition coefficient (Wildman–Crippen LogP) is 4.59. The number of hydrogen-bond donors (Lipinski definition) is 1. The molecule has 5 rings (SSSR count). The SMILES string of the molecule is C=CCN(Cc1ccccc1)C(=O)[C@H]1[C@@H]2OC3(CC2Br)C(C(=O)N(CC=C)c2ccccc2Cl)N(CCCCO)C(=O)[C@H]13. The second-order valence-corrected chi connectivity index (χ2v) is 12.9. The number of carbonyl (C=O) groups is 3. The molecule has 3 saturated heterocycles. The third-order valence-corrected chi connectivity index (χ3v) is 9.88. The van der Waals surface area contributed by atoms with E-state index in [1.54, 1.807) is 46.2 Å². The van der Waals surface area contributed by atoms with Crippen LogP contribution in [0.25, 0.3) is 0 Å². The molecular formula is C33H37BrClN3O5. The average molecular weight is 671 g/mol. The van der Waals surface area contributed by atoms with E-state index in [0.29, 0.717) is 43.1 Å². The molecule has 2 bridgehead atoms. The lowest BCUT2D eigenvalue weighted by molar-refractivity contribution is -0.145. The second-order valence-electron chi connectivity index (χ2n) is 11.3. The third-order valence-electron chi connectivity index (χ3n) is 8.71. The summed E-state index contributed by atoms with van der Waals surface area (Å²) < 4.78 is 6.71. The lowest BCUT2D eigenvalue weighted by Crippen LogP contribution is -2.57. The van der Waals surface area contributed by atoms with Crippen LogP contribution in [-0.4, -0.2) is 81.4 Å². The molecule has 1 N–H and O–H groups in total. The van der Waals surface area contributed by atoms with Gasteiger partial charge in [0, 0.05) is 37.6 Å². The molecule has 43 heavy (non-hydrogen) atoms. The molecule has 0 aliphatic carbocycles. The summed E-state index contributed by atoms with van der Waals surface area (Å²) in [6.45, 7) is 8.76. The van der Waals surface area contributed by atoms with Crippen LogP contribution in [0.3, 0.4) is 0 Å². The zero-order valence-electron chi connectivity index (χ0n) is 24.0. The summed E-state index contributed by atoms with van der Waals surface area (Å²) in [6.07, 6.45) is 4.09. The molecule has 0 saturated carbocycles. The number of aliphatic hydroxyl groups is 1. The van der Waals surface area contributed by atoms with Gasteiger partial charge in [0.15, 0.2) is 0 Å². The van der Waals surface area contributed by atoms with Crippen molar-refractivity contribution in [2.45, 2.75) is 48.4 Å². The topological polar surface area (TPSA) is 90.4 Å². The Morgan fingerprint density at radius 2 is 1.77 bits per heavy atom. The van der Waals surface area contributed by atoms with Crippen LogP contribution in [0, 0.1) is 11.8 Å². The minimum Gasteiger partial charge on any atom is -0.396 e. The molecule has 8 nitrogen and oxygen atoms in total. The number of halogens is 2. The van der Waals surface area contributed by atoms with Crippen molar-refractivity contribution in [1.29, 1.82) is 0 Å². The first kappa shape index (κ1) is 31.4. The number of alkyl halides is 1. The number of amides is 3. The molecule has 2 aromatic carbocycles. The van der Waals surface area contributed by atoms with Crippen LogP contribution in [0.4, 0.5) is 5.69 Å². The maximum Gasteiger partial charge on any atom is 0.253 e. The van der Waals surface area contributed by atoms with Gasteiger partial charge in [0.2, 0.25) is 11.8 Å². The van der Waals surface area contributed by atoms with Gasteiger partial charge in [-0.2, -0.15) is 0 Å². The minimum absolute atomic E-state index is 0.0312. The average Bonchev–Trinajstić information content (AvgIpc) is 3.59. The number of ether oxygens (including phenoxy) is 1. The molecule has 3 unspecified atom stereocenters. The summed E-state index contributed by atoms with van der Waals surface area (Å²) in [5, 5.41) is 9.87. The highest BCUT2D eigenvalue weighted by atomic mass is 79.9. The Labute approximate surface area is 266 Å². The fourth-order valence-corrected chi connectivity index (χ4v) is 8.16. The van der Waals surface area contributed by atoms with Gasteiger partial charge < -0.3 is 24.5 Å². The van der Waals surface area contributed by atoms with E-state index < -0.39 is 29.6 Å². The number of para-hydroxylation sites is 1. The van der Waals surface area contributed by atoms with Gasteiger partial charge in [-0.25, -0.2) is 0 Å². The molecular weight excluding hydrogens is 634 g/mol. The smallest absolute Gasteiger partial charge is 0.253 e. The standard InChI is InChI=1S/C33H37BrClN3O5/c1-3-16-36(21-22-12-6-5-7-13-22)30(40)26-27-31(41)38(18-10-11-19-39)29(33(27)20-23(34)28(26)43-33)32(42)37(17-4-2)25-15-9-8-14-24(25)35/h3-9,12-15,23,26-29,39H,1-2,10-11,16-21H2/t23?,26-,27+,28-,29?,33?/m1/s1. The molecule has 3 fully saturated rings. The number of rotatable bonds is 13. The molecule has 10 heteroatoms. The van der Waals surface area contributed by atoms with Crippen molar-refractivity contribution >= 4 is 50.9 Å². The van der Waals surface area contributed by atoms with E-state index in [-0.39, 0.29) is 42.2 Å². The van der Waals surface area contributed by atoms with Crippen molar-refractivity contribution < 1.29 is 24.2 Å². The highest BCUT2D eigenvalue weighted by molar-refractivity contribution is 9.09. The fraction of sp³-hybridized carbons (Fsp3) is 0.424. The maximum absolute atomic E-state index is 14.6. The molecule has 3 aliphatic heterocycles. The number of aliphatic hydroxyl groups excluding tert-OH is 1. The Morgan fingerprint density at radius 1 is 1.07 bits per heavy atom. The zero-order chi connectivity index (χ0) is 30.7. The van der Waals surface area contributed by atoms with Gasteiger partial charge in [-0.05, 0) is 37.0 Å². The first-order chi connectivity index (χ1) is 20.8. The van der Waals surface area contributed by atoms with Crippen molar-refractivity contribution in [3.05, 3.63) is 90.5 Å². The van der Waals surface area contributed by atoms with E-state index in [1.165, 1.54) is 4.90 Å². The summed E-state index contributed by atoms with van der Waals surface area (Å²) in [4.78, 5) is 48.0. The zero-order valence-corrected chi connectivity index (χ0v) is 26.3. The molecule has 6 atom stereocenters. The highest BCUT2D eigenvalue weighted by Crippen LogP contribution is 2.60. The summed E-state index contributed by atoms with van der Waals surface area (Å²) in [5.41, 5.74) is 0.259. The second kappa shape index (κ2) is 13.3. The van der Waals surface area contributed by atoms with Gasteiger partial charge in [-0.15, -0.1) is 13.2 Å². The van der Waals surface area contributed by atoms with Crippen LogP contribution < -0.4 is 4.90 Å². The largest absolute Gasteiger partial charge is 0.396 e. The van der Waals surface area contributed by atoms with Gasteiger partial charge in [0.1, 0.15) is 11.6 Å². The summed E-state index contributed by atoms with van der Waals surface area (Å²) in [7, 11) is 0. The van der Waals surface area contributed by atoms with Crippen molar-refractivity contribution in [3.63, 3.8) is 0 Å². The monoisotopic (exact) mass is 669 g/mol. The lowest BCUT2D eigenvalue weighted by atomic mass is 9.70. The predicted molar refractivity (Wildman–Crippen MR) is 170 cm³/mol. The maximum atomic E-state index is 14.6.